The van der Waals surface area contributed by atoms with E-state index < -0.39 is 17.3 Å². The number of ketones is 1. The Morgan fingerprint density at radius 1 is 1.19 bits per heavy atom. The molecule has 0 aliphatic heterocycles. The second-order valence-corrected chi connectivity index (χ2v) is 12.4. The molecule has 0 bridgehead atoms. The molecule has 2 saturated carbocycles. The maximum absolute atomic E-state index is 13.7. The Bertz CT molecular complexity index is 1070. The van der Waals surface area contributed by atoms with E-state index in [1.165, 1.54) is 17.3 Å². The number of carboxylic acid groups (broad SMARTS) is 1. The maximum Gasteiger partial charge on any atom is 0.309 e. The zero-order valence-corrected chi connectivity index (χ0v) is 23.4. The fourth-order valence-electron chi connectivity index (χ4n) is 5.62. The van der Waals surface area contributed by atoms with Crippen LogP contribution in [-0.4, -0.2) is 63.7 Å². The number of Topliss-reactive ketones (excluding diaryl/α,β-unsaturated/α-hetero) is 1. The maximum atomic E-state index is 13.7. The largest absolute Gasteiger partial charge is 0.481 e. The van der Waals surface area contributed by atoms with Gasteiger partial charge < -0.3 is 15.4 Å². The van der Waals surface area contributed by atoms with Crippen LogP contribution < -0.4 is 0 Å². The van der Waals surface area contributed by atoms with Crippen LogP contribution in [0.15, 0.2) is 17.4 Å². The lowest BCUT2D eigenvalue weighted by Gasteiger charge is -2.45. The zero-order valence-electron chi connectivity index (χ0n) is 21.9. The molecule has 37 heavy (non-hydrogen) atoms. The zero-order chi connectivity index (χ0) is 27.5. The minimum atomic E-state index is -0.906. The predicted molar refractivity (Wildman–Crippen MR) is 145 cm³/mol. The van der Waals surface area contributed by atoms with Gasteiger partial charge in [0.25, 0.3) is 0 Å². The van der Waals surface area contributed by atoms with Crippen molar-refractivity contribution in [2.75, 3.05) is 13.1 Å². The van der Waals surface area contributed by atoms with E-state index in [0.717, 1.165) is 19.1 Å². The average Bonchev–Trinajstić information content (AvgIpc) is 2.79. The lowest BCUT2D eigenvalue weighted by Crippen LogP contribution is -2.48. The first-order valence-corrected chi connectivity index (χ1v) is 13.4. The van der Waals surface area contributed by atoms with E-state index >= 15 is 0 Å². The summed E-state index contributed by atoms with van der Waals surface area (Å²) in [7, 11) is 0. The van der Waals surface area contributed by atoms with E-state index in [1.54, 1.807) is 13.8 Å². The average molecular weight is 552 g/mol. The lowest BCUT2D eigenvalue weighted by atomic mass is 9.64. The summed E-state index contributed by atoms with van der Waals surface area (Å²) in [5, 5.41) is 17.7. The Balaban J connectivity index is 1.78. The van der Waals surface area contributed by atoms with Crippen LogP contribution in [0, 0.1) is 28.1 Å². The van der Waals surface area contributed by atoms with Crippen LogP contribution in [0.2, 0.25) is 10.0 Å². The van der Waals surface area contributed by atoms with Gasteiger partial charge in [-0.3, -0.25) is 24.4 Å². The smallest absolute Gasteiger partial charge is 0.309 e. The molecule has 3 rings (SSSR count). The van der Waals surface area contributed by atoms with Crippen molar-refractivity contribution >= 4 is 52.8 Å². The molecule has 0 aromatic carbocycles. The molecule has 10 heteroatoms. The fraction of sp³-hybridized carbons (Fsp3) is 0.630. The van der Waals surface area contributed by atoms with Gasteiger partial charge in [-0.25, -0.2) is 0 Å². The molecule has 1 unspecified atom stereocenters. The van der Waals surface area contributed by atoms with Gasteiger partial charge in [0.2, 0.25) is 5.91 Å². The van der Waals surface area contributed by atoms with Gasteiger partial charge >= 0.3 is 5.97 Å². The molecule has 2 N–H and O–H groups in total. The number of aliphatic carboxylic acids is 1. The van der Waals surface area contributed by atoms with Gasteiger partial charge in [-0.15, -0.1) is 0 Å². The van der Waals surface area contributed by atoms with E-state index in [4.69, 9.17) is 33.6 Å². The standard InChI is InChI=1S/C27H36Cl2N4O4/c1-16(32-18-5-7-27(4,8-6-18)25(36)37)19(11-30)24(35)33(14-17-9-26(2,3)10-17)15-22(34)23-20(28)12-31-13-21(23)29/h11-13,17-19,30H,5-10,14-15H2,1-4H3,(H,36,37). The summed E-state index contributed by atoms with van der Waals surface area (Å²) in [6.07, 6.45) is 7.88. The van der Waals surface area contributed by atoms with Crippen molar-refractivity contribution in [1.82, 2.24) is 9.88 Å². The van der Waals surface area contributed by atoms with E-state index in [0.29, 0.717) is 37.9 Å². The quantitative estimate of drug-likeness (QED) is 0.290. The van der Waals surface area contributed by atoms with Gasteiger partial charge in [-0.05, 0) is 63.7 Å². The minimum absolute atomic E-state index is 0.0976. The summed E-state index contributed by atoms with van der Waals surface area (Å²) >= 11 is 12.4. The number of rotatable bonds is 10. The molecule has 1 amide bonds. The number of aromatic nitrogens is 1. The van der Waals surface area contributed by atoms with Crippen molar-refractivity contribution in [2.45, 2.75) is 72.3 Å². The highest BCUT2D eigenvalue weighted by Crippen LogP contribution is 2.45. The molecule has 2 fully saturated rings. The van der Waals surface area contributed by atoms with Gasteiger partial charge in [-0.2, -0.15) is 0 Å². The highest BCUT2D eigenvalue weighted by atomic mass is 35.5. The number of carbonyl (C=O) groups is 3. The highest BCUT2D eigenvalue weighted by molar-refractivity contribution is 6.39. The van der Waals surface area contributed by atoms with Crippen LogP contribution in [0.5, 0.6) is 0 Å². The summed E-state index contributed by atoms with van der Waals surface area (Å²) in [6.45, 7) is 8.01. The van der Waals surface area contributed by atoms with Crippen molar-refractivity contribution in [3.8, 4) is 0 Å². The molecule has 1 atom stereocenters. The first-order valence-electron chi connectivity index (χ1n) is 12.7. The summed E-state index contributed by atoms with van der Waals surface area (Å²) in [6, 6.07) is -0.0976. The Morgan fingerprint density at radius 2 is 1.76 bits per heavy atom. The van der Waals surface area contributed by atoms with Gasteiger partial charge in [0.1, 0.15) is 5.92 Å². The number of aliphatic imine (C=N–C) groups is 1. The number of hydrogen-bond donors (Lipinski definition) is 2. The summed E-state index contributed by atoms with van der Waals surface area (Å²) < 4.78 is 0. The summed E-state index contributed by atoms with van der Waals surface area (Å²) in [5.41, 5.74) is 0.0750. The number of hydrogen-bond acceptors (Lipinski definition) is 6. The van der Waals surface area contributed by atoms with Gasteiger partial charge in [0, 0.05) is 36.9 Å². The Labute approximate surface area is 228 Å². The highest BCUT2D eigenvalue weighted by Gasteiger charge is 2.40. The number of nitrogens with zero attached hydrogens (tertiary/aromatic N) is 3. The van der Waals surface area contributed by atoms with Crippen LogP contribution in [0.25, 0.3) is 0 Å². The molecule has 1 aromatic heterocycles. The van der Waals surface area contributed by atoms with Crippen molar-refractivity contribution in [3.05, 3.63) is 28.0 Å². The monoisotopic (exact) mass is 550 g/mol. The summed E-state index contributed by atoms with van der Waals surface area (Å²) in [5.74, 6) is -2.19. The van der Waals surface area contributed by atoms with E-state index in [2.05, 4.69) is 18.8 Å². The second kappa shape index (κ2) is 11.6. The van der Waals surface area contributed by atoms with Crippen molar-refractivity contribution in [1.29, 1.82) is 5.41 Å². The third-order valence-electron chi connectivity index (χ3n) is 7.78. The summed E-state index contributed by atoms with van der Waals surface area (Å²) in [4.78, 5) is 48.6. The van der Waals surface area contributed by atoms with Crippen molar-refractivity contribution in [3.63, 3.8) is 0 Å². The van der Waals surface area contributed by atoms with E-state index in [9.17, 15) is 19.5 Å². The third kappa shape index (κ3) is 6.96. The first kappa shape index (κ1) is 29.2. The van der Waals surface area contributed by atoms with E-state index in [1.807, 2.05) is 0 Å². The van der Waals surface area contributed by atoms with Crippen LogP contribution in [0.4, 0.5) is 0 Å². The molecular formula is C27H36Cl2N4O4. The van der Waals surface area contributed by atoms with Crippen molar-refractivity contribution in [2.24, 2.45) is 27.7 Å². The first-order chi connectivity index (χ1) is 17.3. The van der Waals surface area contributed by atoms with Gasteiger partial charge in [0.15, 0.2) is 5.78 Å². The molecular weight excluding hydrogens is 515 g/mol. The molecule has 2 aliphatic carbocycles. The third-order valence-corrected chi connectivity index (χ3v) is 8.36. The van der Waals surface area contributed by atoms with Crippen LogP contribution in [0.3, 0.4) is 0 Å². The Hall–Kier alpha value is -2.32. The molecule has 0 saturated heterocycles. The molecule has 202 valence electrons. The van der Waals surface area contributed by atoms with Crippen molar-refractivity contribution < 1.29 is 19.5 Å². The Morgan fingerprint density at radius 3 is 2.24 bits per heavy atom. The van der Waals surface area contributed by atoms with Crippen LogP contribution in [0.1, 0.15) is 76.6 Å². The number of amides is 1. The topological polar surface area (TPSA) is 124 Å². The molecule has 8 nitrogen and oxygen atoms in total. The number of halogens is 2. The molecule has 0 spiro atoms. The minimum Gasteiger partial charge on any atom is -0.481 e. The van der Waals surface area contributed by atoms with E-state index in [-0.39, 0.29) is 51.2 Å². The van der Waals surface area contributed by atoms with Gasteiger partial charge in [0.05, 0.1) is 27.6 Å². The number of carbonyl (C=O) groups excluding carboxylic acids is 2. The number of nitrogens with one attached hydrogen (secondary N) is 1. The lowest BCUT2D eigenvalue weighted by molar-refractivity contribution is -0.149. The predicted octanol–water partition coefficient (Wildman–Crippen LogP) is 5.60. The van der Waals surface area contributed by atoms with Crippen LogP contribution in [-0.2, 0) is 9.59 Å². The fourth-order valence-corrected chi connectivity index (χ4v) is 6.20. The SMILES string of the molecule is CC(=NC1CCC(C)(C(=O)O)CC1)C(C=N)C(=O)N(CC(=O)c1c(Cl)cncc1Cl)CC1CC(C)(C)C1. The second-order valence-electron chi connectivity index (χ2n) is 11.6. The molecule has 0 radical (unpaired) electrons. The van der Waals surface area contributed by atoms with Gasteiger partial charge in [-0.1, -0.05) is 37.0 Å². The molecule has 1 aromatic rings. The number of pyridine rings is 1. The normalized spacial score (nSPS) is 24.6. The Kier molecular flexibility index (Phi) is 9.17. The molecule has 1 heterocycles. The molecule has 2 aliphatic rings. The van der Waals surface area contributed by atoms with Crippen LogP contribution >= 0.6 is 23.2 Å². The number of carboxylic acids is 1.